The number of nitrogens with zero attached hydrogens (tertiary/aromatic N) is 1. The van der Waals surface area contributed by atoms with Gasteiger partial charge in [-0.3, -0.25) is 10.4 Å². The van der Waals surface area contributed by atoms with Crippen molar-refractivity contribution in [1.82, 2.24) is 10.7 Å². The topological polar surface area (TPSA) is 96.6 Å². The SMILES string of the molecule is CS(=O)(=O)CCCN=C(NN)NC1CCCC1. The highest BCUT2D eigenvalue weighted by Gasteiger charge is 2.15. The summed E-state index contributed by atoms with van der Waals surface area (Å²) < 4.78 is 21.8. The molecule has 0 unspecified atom stereocenters. The Bertz CT molecular complexity index is 347. The van der Waals surface area contributed by atoms with Gasteiger partial charge in [-0.15, -0.1) is 0 Å². The number of aliphatic imine (C=N–C) groups is 1. The van der Waals surface area contributed by atoms with Crippen LogP contribution in [0.25, 0.3) is 0 Å². The van der Waals surface area contributed by atoms with Crippen molar-refractivity contribution in [3.05, 3.63) is 0 Å². The molecule has 0 atom stereocenters. The second-order valence-electron chi connectivity index (χ2n) is 4.48. The van der Waals surface area contributed by atoms with Crippen molar-refractivity contribution in [2.45, 2.75) is 38.1 Å². The fourth-order valence-corrected chi connectivity index (χ4v) is 2.57. The average Bonchev–Trinajstić information content (AvgIpc) is 2.73. The number of nitrogens with one attached hydrogen (secondary N) is 2. The van der Waals surface area contributed by atoms with E-state index in [4.69, 9.17) is 5.84 Å². The highest BCUT2D eigenvalue weighted by molar-refractivity contribution is 7.90. The minimum Gasteiger partial charge on any atom is -0.353 e. The molecule has 1 aliphatic carbocycles. The molecule has 0 aromatic carbocycles. The van der Waals surface area contributed by atoms with Crippen molar-refractivity contribution in [2.24, 2.45) is 10.8 Å². The van der Waals surface area contributed by atoms with Crippen LogP contribution >= 0.6 is 0 Å². The third kappa shape index (κ3) is 6.48. The molecule has 0 aromatic rings. The molecular formula is C10H22N4O2S. The van der Waals surface area contributed by atoms with Gasteiger partial charge in [0.1, 0.15) is 9.84 Å². The highest BCUT2D eigenvalue weighted by atomic mass is 32.2. The first-order chi connectivity index (χ1) is 8.01. The maximum atomic E-state index is 10.9. The Kier molecular flexibility index (Phi) is 5.70. The molecule has 0 saturated heterocycles. The molecule has 0 amide bonds. The van der Waals surface area contributed by atoms with Gasteiger partial charge in [0.15, 0.2) is 0 Å². The van der Waals surface area contributed by atoms with Crippen LogP contribution in [-0.2, 0) is 9.84 Å². The number of rotatable bonds is 5. The first-order valence-electron chi connectivity index (χ1n) is 5.96. The van der Waals surface area contributed by atoms with Gasteiger partial charge in [-0.25, -0.2) is 14.3 Å². The van der Waals surface area contributed by atoms with Gasteiger partial charge in [0, 0.05) is 18.8 Å². The fraction of sp³-hybridized carbons (Fsp3) is 0.900. The van der Waals surface area contributed by atoms with Crippen LogP contribution in [0.5, 0.6) is 0 Å². The molecular weight excluding hydrogens is 240 g/mol. The van der Waals surface area contributed by atoms with E-state index in [0.29, 0.717) is 25.0 Å². The van der Waals surface area contributed by atoms with Crippen LogP contribution in [0.1, 0.15) is 32.1 Å². The van der Waals surface area contributed by atoms with E-state index in [0.717, 1.165) is 12.8 Å². The van der Waals surface area contributed by atoms with Crippen molar-refractivity contribution in [3.8, 4) is 0 Å². The third-order valence-electron chi connectivity index (χ3n) is 2.78. The summed E-state index contributed by atoms with van der Waals surface area (Å²) in [5.74, 6) is 6.08. The first kappa shape index (κ1) is 14.2. The average molecular weight is 262 g/mol. The van der Waals surface area contributed by atoms with Gasteiger partial charge in [0.25, 0.3) is 0 Å². The number of sulfone groups is 1. The molecule has 6 nitrogen and oxygen atoms in total. The zero-order valence-electron chi connectivity index (χ0n) is 10.3. The Morgan fingerprint density at radius 3 is 2.59 bits per heavy atom. The molecule has 1 saturated carbocycles. The number of hydrazine groups is 1. The molecule has 100 valence electrons. The van der Waals surface area contributed by atoms with Gasteiger partial charge < -0.3 is 5.32 Å². The van der Waals surface area contributed by atoms with Crippen LogP contribution in [0.2, 0.25) is 0 Å². The lowest BCUT2D eigenvalue weighted by atomic mass is 10.2. The predicted molar refractivity (Wildman–Crippen MR) is 69.3 cm³/mol. The lowest BCUT2D eigenvalue weighted by molar-refractivity contribution is 0.598. The van der Waals surface area contributed by atoms with Crippen molar-refractivity contribution < 1.29 is 8.42 Å². The smallest absolute Gasteiger partial charge is 0.205 e. The van der Waals surface area contributed by atoms with Crippen LogP contribution < -0.4 is 16.6 Å². The van der Waals surface area contributed by atoms with Gasteiger partial charge in [-0.2, -0.15) is 0 Å². The molecule has 4 N–H and O–H groups in total. The quantitative estimate of drug-likeness (QED) is 0.209. The molecule has 17 heavy (non-hydrogen) atoms. The van der Waals surface area contributed by atoms with Crippen LogP contribution in [0.3, 0.4) is 0 Å². The summed E-state index contributed by atoms with van der Waals surface area (Å²) in [5, 5.41) is 3.23. The van der Waals surface area contributed by atoms with Gasteiger partial charge in [-0.05, 0) is 19.3 Å². The van der Waals surface area contributed by atoms with Gasteiger partial charge in [0.2, 0.25) is 5.96 Å². The first-order valence-corrected chi connectivity index (χ1v) is 8.02. The standard InChI is InChI=1S/C10H22N4O2S/c1-17(15,16)8-4-7-12-10(14-11)13-9-5-2-3-6-9/h9H,2-8,11H2,1H3,(H2,12,13,14). The molecule has 0 bridgehead atoms. The number of guanidine groups is 1. The lowest BCUT2D eigenvalue weighted by Crippen LogP contribution is -2.45. The van der Waals surface area contributed by atoms with Crippen molar-refractivity contribution >= 4 is 15.8 Å². The minimum absolute atomic E-state index is 0.164. The van der Waals surface area contributed by atoms with E-state index in [-0.39, 0.29) is 5.75 Å². The molecule has 0 radical (unpaired) electrons. The summed E-state index contributed by atoms with van der Waals surface area (Å²) in [4.78, 5) is 4.21. The van der Waals surface area contributed by atoms with Crippen LogP contribution in [-0.4, -0.2) is 39.0 Å². The zero-order chi connectivity index (χ0) is 12.7. The molecule has 1 rings (SSSR count). The Labute approximate surface area is 103 Å². The van der Waals surface area contributed by atoms with Crippen LogP contribution in [0, 0.1) is 0 Å². The summed E-state index contributed by atoms with van der Waals surface area (Å²) in [6.07, 6.45) is 6.52. The number of hydrogen-bond donors (Lipinski definition) is 3. The summed E-state index contributed by atoms with van der Waals surface area (Å²) in [6.45, 7) is 0.465. The molecule has 0 spiro atoms. The number of nitrogens with two attached hydrogens (primary N) is 1. The Morgan fingerprint density at radius 1 is 1.41 bits per heavy atom. The van der Waals surface area contributed by atoms with Crippen LogP contribution in [0.4, 0.5) is 0 Å². The molecule has 1 fully saturated rings. The van der Waals surface area contributed by atoms with E-state index < -0.39 is 9.84 Å². The van der Waals surface area contributed by atoms with E-state index in [9.17, 15) is 8.42 Å². The maximum absolute atomic E-state index is 10.9. The van der Waals surface area contributed by atoms with Gasteiger partial charge in [0.05, 0.1) is 5.75 Å². The van der Waals surface area contributed by atoms with Crippen molar-refractivity contribution in [2.75, 3.05) is 18.6 Å². The summed E-state index contributed by atoms with van der Waals surface area (Å²) >= 11 is 0. The molecule has 0 aliphatic heterocycles. The highest BCUT2D eigenvalue weighted by Crippen LogP contribution is 2.17. The molecule has 0 aromatic heterocycles. The van der Waals surface area contributed by atoms with E-state index in [1.807, 2.05) is 0 Å². The zero-order valence-corrected chi connectivity index (χ0v) is 11.1. The van der Waals surface area contributed by atoms with Gasteiger partial charge >= 0.3 is 0 Å². The van der Waals surface area contributed by atoms with E-state index >= 15 is 0 Å². The minimum atomic E-state index is -2.89. The third-order valence-corrected chi connectivity index (χ3v) is 3.81. The fourth-order valence-electron chi connectivity index (χ4n) is 1.91. The van der Waals surface area contributed by atoms with Crippen molar-refractivity contribution in [1.29, 1.82) is 0 Å². The summed E-state index contributed by atoms with van der Waals surface area (Å²) in [6, 6.07) is 0.444. The maximum Gasteiger partial charge on any atom is 0.205 e. The van der Waals surface area contributed by atoms with Gasteiger partial charge in [-0.1, -0.05) is 12.8 Å². The van der Waals surface area contributed by atoms with Crippen molar-refractivity contribution in [3.63, 3.8) is 0 Å². The van der Waals surface area contributed by atoms with E-state index in [1.54, 1.807) is 0 Å². The normalized spacial score (nSPS) is 18.4. The summed E-state index contributed by atoms with van der Waals surface area (Å²) in [7, 11) is -2.89. The van der Waals surface area contributed by atoms with E-state index in [1.165, 1.54) is 19.1 Å². The second-order valence-corrected chi connectivity index (χ2v) is 6.74. The lowest BCUT2D eigenvalue weighted by Gasteiger charge is -2.14. The number of hydrogen-bond acceptors (Lipinski definition) is 4. The molecule has 0 heterocycles. The van der Waals surface area contributed by atoms with Crippen LogP contribution in [0.15, 0.2) is 4.99 Å². The predicted octanol–water partition coefficient (Wildman–Crippen LogP) is -0.227. The molecule has 7 heteroatoms. The summed E-state index contributed by atoms with van der Waals surface area (Å²) in [5.41, 5.74) is 2.52. The monoisotopic (exact) mass is 262 g/mol. The Balaban J connectivity index is 2.28. The second kappa shape index (κ2) is 6.80. The van der Waals surface area contributed by atoms with E-state index in [2.05, 4.69) is 15.7 Å². The Morgan fingerprint density at radius 2 is 2.06 bits per heavy atom. The molecule has 1 aliphatic rings. The largest absolute Gasteiger partial charge is 0.353 e. The Hall–Kier alpha value is -0.820.